The van der Waals surface area contributed by atoms with E-state index in [4.69, 9.17) is 18.9 Å². The Morgan fingerprint density at radius 2 is 1.44 bits per heavy atom. The molecular formula is C41H64O16. The summed E-state index contributed by atoms with van der Waals surface area (Å²) in [7, 11) is 0. The van der Waals surface area contributed by atoms with Gasteiger partial charge in [-0.3, -0.25) is 9.59 Å². The van der Waals surface area contributed by atoms with Crippen molar-refractivity contribution >= 4 is 11.9 Å². The van der Waals surface area contributed by atoms with E-state index < -0.39 is 119 Å². The van der Waals surface area contributed by atoms with Crippen molar-refractivity contribution in [3.8, 4) is 0 Å². The number of carboxylic acids is 2. The van der Waals surface area contributed by atoms with Crippen LogP contribution in [0, 0.1) is 50.2 Å². The first-order valence-corrected chi connectivity index (χ1v) is 20.6. The summed E-state index contributed by atoms with van der Waals surface area (Å²) in [5.41, 5.74) is -3.31. The number of aliphatic hydroxyl groups excluding tert-OH is 8. The van der Waals surface area contributed by atoms with Crippen molar-refractivity contribution in [1.82, 2.24) is 0 Å². The van der Waals surface area contributed by atoms with Crippen LogP contribution in [0.1, 0.15) is 92.4 Å². The van der Waals surface area contributed by atoms with Crippen molar-refractivity contribution in [2.45, 2.75) is 160 Å². The minimum Gasteiger partial charge on any atom is -0.481 e. The lowest BCUT2D eigenvalue weighted by Gasteiger charge is -2.71. The van der Waals surface area contributed by atoms with E-state index in [0.29, 0.717) is 44.9 Å². The molecule has 0 aromatic rings. The third-order valence-electron chi connectivity index (χ3n) is 17.3. The Morgan fingerprint density at radius 3 is 2.07 bits per heavy atom. The zero-order valence-electron chi connectivity index (χ0n) is 33.6. The summed E-state index contributed by atoms with van der Waals surface area (Å²) in [6.07, 6.45) is -9.62. The van der Waals surface area contributed by atoms with Crippen LogP contribution in [-0.4, -0.2) is 150 Å². The van der Waals surface area contributed by atoms with E-state index in [1.807, 2.05) is 6.92 Å². The summed E-state index contributed by atoms with van der Waals surface area (Å²) in [5.74, 6) is -2.32. The molecule has 2 saturated heterocycles. The molecule has 2 heterocycles. The molecule has 0 spiro atoms. The Bertz CT molecular complexity index is 1590. The molecule has 20 atom stereocenters. The number of hydrogen-bond acceptors (Lipinski definition) is 14. The van der Waals surface area contributed by atoms with Gasteiger partial charge in [-0.05, 0) is 98.7 Å². The summed E-state index contributed by atoms with van der Waals surface area (Å²) >= 11 is 0. The number of aliphatic hydroxyl groups is 8. The average molecular weight is 813 g/mol. The quantitative estimate of drug-likeness (QED) is 0.118. The molecule has 6 fully saturated rings. The van der Waals surface area contributed by atoms with Gasteiger partial charge >= 0.3 is 11.9 Å². The number of hydrogen-bond donors (Lipinski definition) is 10. The SMILES string of the molecule is C[C@]1(C(=O)O)CC[C@]2(C(=O)O)CC[C@]3(C)C(=CC[C@@H]4[C@@]5(C)C[C@H](O)[C@H](O[C@@H]6OC[C@@H](O[C@@H]7O[C@H](CO)[C@@H](O)[C@H](O)[C@H]7O)[C@H](O)[C@H]6O)[C@@](C)(CO)[C@@H]5CC[C@]43C)[C@@H]2C1. The summed E-state index contributed by atoms with van der Waals surface area (Å²) in [6.45, 7) is 8.87. The smallest absolute Gasteiger partial charge is 0.310 e. The monoisotopic (exact) mass is 812 g/mol. The van der Waals surface area contributed by atoms with Gasteiger partial charge in [-0.25, -0.2) is 0 Å². The Morgan fingerprint density at radius 1 is 0.772 bits per heavy atom. The van der Waals surface area contributed by atoms with Crippen LogP contribution in [0.5, 0.6) is 0 Å². The second kappa shape index (κ2) is 14.7. The highest BCUT2D eigenvalue weighted by Gasteiger charge is 2.71. The molecule has 0 amide bonds. The second-order valence-electron chi connectivity index (χ2n) is 19.9. The molecule has 0 unspecified atom stereocenters. The molecule has 7 rings (SSSR count). The van der Waals surface area contributed by atoms with Crippen LogP contribution in [0.4, 0.5) is 0 Å². The van der Waals surface area contributed by atoms with Crippen molar-refractivity contribution in [3.05, 3.63) is 11.6 Å². The van der Waals surface area contributed by atoms with Gasteiger partial charge in [-0.2, -0.15) is 0 Å². The summed E-state index contributed by atoms with van der Waals surface area (Å²) in [4.78, 5) is 25.6. The third-order valence-corrected chi connectivity index (χ3v) is 17.3. The molecule has 0 radical (unpaired) electrons. The number of carboxylic acid groups (broad SMARTS) is 2. The topological polar surface area (TPSA) is 273 Å². The van der Waals surface area contributed by atoms with E-state index in [1.54, 1.807) is 6.92 Å². The number of rotatable bonds is 8. The van der Waals surface area contributed by atoms with Gasteiger partial charge in [0, 0.05) is 5.41 Å². The van der Waals surface area contributed by atoms with Crippen molar-refractivity contribution < 1.29 is 79.6 Å². The highest BCUT2D eigenvalue weighted by atomic mass is 16.7. The van der Waals surface area contributed by atoms with Crippen LogP contribution in [-0.2, 0) is 28.5 Å². The van der Waals surface area contributed by atoms with Gasteiger partial charge in [-0.1, -0.05) is 39.3 Å². The number of allylic oxidation sites excluding steroid dienone is 2. The van der Waals surface area contributed by atoms with Crippen LogP contribution in [0.3, 0.4) is 0 Å². The predicted octanol–water partition coefficient (Wildman–Crippen LogP) is 0.529. The van der Waals surface area contributed by atoms with E-state index in [0.717, 1.165) is 12.0 Å². The summed E-state index contributed by atoms with van der Waals surface area (Å²) in [6, 6.07) is 0. The van der Waals surface area contributed by atoms with Gasteiger partial charge in [0.15, 0.2) is 12.6 Å². The van der Waals surface area contributed by atoms with Crippen LogP contribution in [0.15, 0.2) is 11.6 Å². The first-order chi connectivity index (χ1) is 26.6. The molecule has 0 aromatic carbocycles. The minimum atomic E-state index is -1.74. The maximum Gasteiger partial charge on any atom is 0.310 e. The van der Waals surface area contributed by atoms with Crippen molar-refractivity contribution in [1.29, 1.82) is 0 Å². The van der Waals surface area contributed by atoms with Crippen LogP contribution >= 0.6 is 0 Å². The fraction of sp³-hybridized carbons (Fsp3) is 0.902. The standard InChI is InChI=1S/C41H64O16/c1-36(34(50)51)10-12-41(35(52)53)13-11-39(4)19(20(41)14-36)6-7-25-37(2)15-21(44)31(38(3,18-43)24(37)8-9-40(25,39)5)57-32-29(48)27(46)23(17-54-32)56-33-30(49)28(47)26(45)22(16-42)55-33/h6,20-33,42-49H,7-18H2,1-5H3,(H,50,51)(H,52,53)/t20-,21-,22+,23+,24+,25+,26+,27-,28-,29+,30+,31-,32-,33-,36-,37-,38-,39+,40+,41-/m0/s1. The lowest BCUT2D eigenvalue weighted by molar-refractivity contribution is -0.357. The van der Waals surface area contributed by atoms with E-state index in [1.165, 1.54) is 0 Å². The highest BCUT2D eigenvalue weighted by molar-refractivity contribution is 5.79. The first-order valence-electron chi connectivity index (χ1n) is 20.6. The highest BCUT2D eigenvalue weighted by Crippen LogP contribution is 2.76. The van der Waals surface area contributed by atoms with Crippen LogP contribution in [0.25, 0.3) is 0 Å². The van der Waals surface area contributed by atoms with Gasteiger partial charge in [0.2, 0.25) is 0 Å². The maximum atomic E-state index is 13.1. The van der Waals surface area contributed by atoms with Gasteiger partial charge in [0.1, 0.15) is 42.7 Å². The zero-order chi connectivity index (χ0) is 41.8. The molecule has 0 bridgehead atoms. The molecule has 324 valence electrons. The molecule has 7 aliphatic rings. The molecule has 5 aliphatic carbocycles. The van der Waals surface area contributed by atoms with Crippen LogP contribution in [0.2, 0.25) is 0 Å². The number of ether oxygens (including phenoxy) is 4. The third kappa shape index (κ3) is 6.21. The lowest BCUT2D eigenvalue weighted by Crippen LogP contribution is -2.69. The average Bonchev–Trinajstić information content (AvgIpc) is 3.16. The van der Waals surface area contributed by atoms with Crippen LogP contribution < -0.4 is 0 Å². The molecule has 4 saturated carbocycles. The fourth-order valence-electron chi connectivity index (χ4n) is 13.5. The van der Waals surface area contributed by atoms with E-state index in [2.05, 4.69) is 26.8 Å². The molecule has 57 heavy (non-hydrogen) atoms. The normalized spacial score (nSPS) is 55.0. The minimum absolute atomic E-state index is 0.0180. The Hall–Kier alpha value is -1.80. The van der Waals surface area contributed by atoms with Gasteiger partial charge in [0.05, 0.1) is 42.9 Å². The molecule has 16 nitrogen and oxygen atoms in total. The summed E-state index contributed by atoms with van der Waals surface area (Å²) < 4.78 is 23.2. The van der Waals surface area contributed by atoms with Crippen molar-refractivity contribution in [2.75, 3.05) is 19.8 Å². The Balaban J connectivity index is 1.11. The van der Waals surface area contributed by atoms with Crippen molar-refractivity contribution in [2.24, 2.45) is 50.2 Å². The van der Waals surface area contributed by atoms with Gasteiger partial charge in [-0.15, -0.1) is 0 Å². The van der Waals surface area contributed by atoms with Gasteiger partial charge in [0.25, 0.3) is 0 Å². The molecule has 2 aliphatic heterocycles. The number of fused-ring (bicyclic) bond motifs is 7. The molecule has 0 aromatic heterocycles. The lowest BCUT2D eigenvalue weighted by atomic mass is 9.33. The zero-order valence-corrected chi connectivity index (χ0v) is 33.6. The van der Waals surface area contributed by atoms with E-state index in [9.17, 15) is 60.7 Å². The largest absolute Gasteiger partial charge is 0.481 e. The number of aliphatic carboxylic acids is 2. The molecular weight excluding hydrogens is 748 g/mol. The molecule has 10 N–H and O–H groups in total. The van der Waals surface area contributed by atoms with Crippen molar-refractivity contribution in [3.63, 3.8) is 0 Å². The van der Waals surface area contributed by atoms with Gasteiger partial charge < -0.3 is 70.0 Å². The Labute approximate surface area is 332 Å². The summed E-state index contributed by atoms with van der Waals surface area (Å²) in [5, 5.41) is 107. The fourth-order valence-corrected chi connectivity index (χ4v) is 13.5. The van der Waals surface area contributed by atoms with E-state index in [-0.39, 0.29) is 36.9 Å². The maximum absolute atomic E-state index is 13.1. The second-order valence-corrected chi connectivity index (χ2v) is 19.9. The van der Waals surface area contributed by atoms with E-state index >= 15 is 0 Å². The predicted molar refractivity (Wildman–Crippen MR) is 197 cm³/mol. The number of carbonyl (C=O) groups is 2. The Kier molecular flexibility index (Phi) is 11.2. The molecule has 16 heteroatoms. The first kappa shape index (κ1) is 43.3.